The van der Waals surface area contributed by atoms with Gasteiger partial charge in [-0.1, -0.05) is 25.7 Å². The van der Waals surface area contributed by atoms with Gasteiger partial charge < -0.3 is 5.73 Å². The van der Waals surface area contributed by atoms with Crippen molar-refractivity contribution in [1.82, 2.24) is 9.03 Å². The van der Waals surface area contributed by atoms with Gasteiger partial charge in [-0.25, -0.2) is 0 Å². The lowest BCUT2D eigenvalue weighted by atomic mass is 9.83. The molecule has 1 heterocycles. The maximum absolute atomic E-state index is 12.4. The van der Waals surface area contributed by atoms with Crippen LogP contribution in [0.4, 0.5) is 0 Å². The molecule has 1 aliphatic heterocycles. The summed E-state index contributed by atoms with van der Waals surface area (Å²) in [4.78, 5) is 0. The number of rotatable bonds is 4. The molecule has 0 aromatic rings. The summed E-state index contributed by atoms with van der Waals surface area (Å²) in [5.41, 5.74) is 5.44. The maximum atomic E-state index is 12.4. The fourth-order valence-corrected chi connectivity index (χ4v) is 4.72. The quantitative estimate of drug-likeness (QED) is 0.802. The first-order valence-corrected chi connectivity index (χ1v) is 8.51. The van der Waals surface area contributed by atoms with Gasteiger partial charge in [-0.15, -0.1) is 0 Å². The van der Waals surface area contributed by atoms with Crippen LogP contribution in [-0.2, 0) is 10.2 Å². The van der Waals surface area contributed by atoms with Crippen molar-refractivity contribution in [3.63, 3.8) is 0 Å². The molecule has 0 amide bonds. The van der Waals surface area contributed by atoms with Crippen LogP contribution in [0.3, 0.4) is 0 Å². The van der Waals surface area contributed by atoms with E-state index in [0.29, 0.717) is 19.6 Å². The molecule has 6 heteroatoms. The minimum atomic E-state index is -3.35. The number of hydrogen-bond donors (Lipinski definition) is 2. The molecule has 0 unspecified atom stereocenters. The average Bonchev–Trinajstić information content (AvgIpc) is 2.40. The van der Waals surface area contributed by atoms with Gasteiger partial charge in [-0.05, 0) is 25.7 Å². The molecule has 1 saturated heterocycles. The van der Waals surface area contributed by atoms with E-state index in [1.54, 1.807) is 4.31 Å². The van der Waals surface area contributed by atoms with Crippen LogP contribution in [0, 0.1) is 0 Å². The van der Waals surface area contributed by atoms with Gasteiger partial charge in [-0.2, -0.15) is 17.4 Å². The molecule has 2 fully saturated rings. The van der Waals surface area contributed by atoms with Crippen molar-refractivity contribution in [2.24, 2.45) is 5.73 Å². The monoisotopic (exact) mass is 275 g/mol. The number of nitrogens with one attached hydrogen (secondary N) is 1. The predicted molar refractivity (Wildman–Crippen MR) is 72.3 cm³/mol. The van der Waals surface area contributed by atoms with Gasteiger partial charge in [0.1, 0.15) is 0 Å². The standard InChI is InChI=1S/C12H25N3O2S/c13-11-12(7-3-1-4-8-12)14-18(16,17)15-9-5-2-6-10-15/h14H,1-11,13H2. The summed E-state index contributed by atoms with van der Waals surface area (Å²) in [5, 5.41) is 0. The van der Waals surface area contributed by atoms with Gasteiger partial charge in [0.15, 0.2) is 0 Å². The van der Waals surface area contributed by atoms with Crippen LogP contribution in [0.2, 0.25) is 0 Å². The second-order valence-electron chi connectivity index (χ2n) is 5.61. The number of piperidine rings is 1. The molecule has 0 atom stereocenters. The highest BCUT2D eigenvalue weighted by Crippen LogP contribution is 2.28. The Labute approximate surface area is 110 Å². The predicted octanol–water partition coefficient (Wildman–Crippen LogP) is 0.968. The van der Waals surface area contributed by atoms with E-state index < -0.39 is 15.7 Å². The number of nitrogens with zero attached hydrogens (tertiary/aromatic N) is 1. The lowest BCUT2D eigenvalue weighted by molar-refractivity contribution is 0.262. The number of hydrogen-bond acceptors (Lipinski definition) is 3. The molecular formula is C12H25N3O2S. The van der Waals surface area contributed by atoms with Gasteiger partial charge in [0.25, 0.3) is 10.2 Å². The summed E-state index contributed by atoms with van der Waals surface area (Å²) in [6.45, 7) is 1.70. The molecule has 1 saturated carbocycles. The molecule has 0 bridgehead atoms. The fraction of sp³-hybridized carbons (Fsp3) is 1.00. The third-order valence-corrected chi connectivity index (χ3v) is 5.94. The summed E-state index contributed by atoms with van der Waals surface area (Å²) in [7, 11) is -3.35. The second-order valence-corrected chi connectivity index (χ2v) is 7.28. The highest BCUT2D eigenvalue weighted by Gasteiger charge is 2.37. The van der Waals surface area contributed by atoms with Crippen molar-refractivity contribution < 1.29 is 8.42 Å². The third kappa shape index (κ3) is 3.23. The topological polar surface area (TPSA) is 75.4 Å². The summed E-state index contributed by atoms with van der Waals surface area (Å²) in [6.07, 6.45) is 8.14. The van der Waals surface area contributed by atoms with Crippen molar-refractivity contribution in [3.8, 4) is 0 Å². The highest BCUT2D eigenvalue weighted by molar-refractivity contribution is 7.87. The normalized spacial score (nSPS) is 26.1. The van der Waals surface area contributed by atoms with Crippen LogP contribution in [0.25, 0.3) is 0 Å². The highest BCUT2D eigenvalue weighted by atomic mass is 32.2. The van der Waals surface area contributed by atoms with E-state index in [1.165, 1.54) is 6.42 Å². The Kier molecular flexibility index (Phi) is 4.64. The molecule has 18 heavy (non-hydrogen) atoms. The van der Waals surface area contributed by atoms with Gasteiger partial charge >= 0.3 is 0 Å². The van der Waals surface area contributed by atoms with Crippen molar-refractivity contribution in [3.05, 3.63) is 0 Å². The maximum Gasteiger partial charge on any atom is 0.279 e. The van der Waals surface area contributed by atoms with E-state index in [-0.39, 0.29) is 0 Å². The first-order chi connectivity index (χ1) is 8.58. The van der Waals surface area contributed by atoms with Crippen molar-refractivity contribution in [2.75, 3.05) is 19.6 Å². The average molecular weight is 275 g/mol. The Balaban J connectivity index is 2.05. The Morgan fingerprint density at radius 1 is 1.00 bits per heavy atom. The van der Waals surface area contributed by atoms with Crippen LogP contribution in [-0.4, -0.2) is 37.9 Å². The lowest BCUT2D eigenvalue weighted by Crippen LogP contribution is -2.58. The minimum Gasteiger partial charge on any atom is -0.329 e. The first kappa shape index (κ1) is 14.2. The summed E-state index contributed by atoms with van der Waals surface area (Å²) in [5.74, 6) is 0. The molecule has 0 spiro atoms. The molecule has 2 aliphatic rings. The van der Waals surface area contributed by atoms with Gasteiger partial charge in [0.05, 0.1) is 0 Å². The SMILES string of the molecule is NCC1(NS(=O)(=O)N2CCCCC2)CCCCC1. The minimum absolute atomic E-state index is 0.394. The Morgan fingerprint density at radius 3 is 2.11 bits per heavy atom. The summed E-state index contributed by atoms with van der Waals surface area (Å²) in [6, 6.07) is 0. The Bertz CT molecular complexity index is 358. The zero-order chi connectivity index (χ0) is 13.1. The van der Waals surface area contributed by atoms with Gasteiger partial charge in [0.2, 0.25) is 0 Å². The van der Waals surface area contributed by atoms with Crippen molar-refractivity contribution >= 4 is 10.2 Å². The molecule has 0 aromatic heterocycles. The molecule has 2 rings (SSSR count). The van der Waals surface area contributed by atoms with E-state index >= 15 is 0 Å². The largest absolute Gasteiger partial charge is 0.329 e. The van der Waals surface area contributed by atoms with E-state index in [1.807, 2.05) is 0 Å². The Hall–Kier alpha value is -0.170. The van der Waals surface area contributed by atoms with E-state index in [4.69, 9.17) is 5.73 Å². The van der Waals surface area contributed by atoms with E-state index in [2.05, 4.69) is 4.72 Å². The summed E-state index contributed by atoms with van der Waals surface area (Å²) >= 11 is 0. The molecular weight excluding hydrogens is 250 g/mol. The van der Waals surface area contributed by atoms with Gasteiger partial charge in [-0.3, -0.25) is 0 Å². The second kappa shape index (κ2) is 5.86. The number of nitrogens with two attached hydrogens (primary N) is 1. The first-order valence-electron chi connectivity index (χ1n) is 7.07. The zero-order valence-corrected chi connectivity index (χ0v) is 11.8. The van der Waals surface area contributed by atoms with Crippen LogP contribution in [0.1, 0.15) is 51.4 Å². The molecule has 0 radical (unpaired) electrons. The van der Waals surface area contributed by atoms with Gasteiger partial charge in [0, 0.05) is 25.2 Å². The van der Waals surface area contributed by atoms with Crippen LogP contribution in [0.15, 0.2) is 0 Å². The molecule has 106 valence electrons. The van der Waals surface area contributed by atoms with Crippen molar-refractivity contribution in [1.29, 1.82) is 0 Å². The molecule has 1 aliphatic carbocycles. The molecule has 5 nitrogen and oxygen atoms in total. The van der Waals surface area contributed by atoms with Crippen molar-refractivity contribution in [2.45, 2.75) is 56.9 Å². The Morgan fingerprint density at radius 2 is 1.56 bits per heavy atom. The van der Waals surface area contributed by atoms with Crippen LogP contribution < -0.4 is 10.5 Å². The fourth-order valence-electron chi connectivity index (χ4n) is 3.02. The zero-order valence-electron chi connectivity index (χ0n) is 11.0. The molecule has 0 aromatic carbocycles. The smallest absolute Gasteiger partial charge is 0.279 e. The lowest BCUT2D eigenvalue weighted by Gasteiger charge is -2.39. The summed E-state index contributed by atoms with van der Waals surface area (Å²) < 4.78 is 29.2. The van der Waals surface area contributed by atoms with Crippen LogP contribution >= 0.6 is 0 Å². The molecule has 3 N–H and O–H groups in total. The third-order valence-electron chi connectivity index (χ3n) is 4.20. The van der Waals surface area contributed by atoms with E-state index in [0.717, 1.165) is 44.9 Å². The van der Waals surface area contributed by atoms with E-state index in [9.17, 15) is 8.42 Å². The van der Waals surface area contributed by atoms with Crippen LogP contribution in [0.5, 0.6) is 0 Å².